The van der Waals surface area contributed by atoms with Crippen LogP contribution in [0, 0.1) is 74.7 Å². The Hall–Kier alpha value is -15.8. The summed E-state index contributed by atoms with van der Waals surface area (Å²) in [5.41, 5.74) is 5.43. The maximum atomic E-state index is 14.6. The first kappa shape index (κ1) is 107. The molecular weight excluding hydrogens is 1870 g/mol. The van der Waals surface area contributed by atoms with Gasteiger partial charge >= 0.3 is 54.9 Å². The highest BCUT2D eigenvalue weighted by Gasteiger charge is 2.35. The first-order valence-electron chi connectivity index (χ1n) is 44.2. The molecule has 0 radical (unpaired) electrons. The number of carbonyl (C=O) groups is 6. The van der Waals surface area contributed by atoms with E-state index in [-0.39, 0.29) is 101 Å². The van der Waals surface area contributed by atoms with Gasteiger partial charge < -0.3 is 42.6 Å². The SMILES string of the molecule is N#Cc1ccc(-c2ccc(OC(=O)CCCCCCCC(=O)Oc3ccc(-c4ccc(OC(F)(F)F)c(F)c4)c(F)c3)cc2F)cc1.N#Cc1ccc(-c2ccc(OC(=O)CCCCCCCC(=O)Oc3ccc(-c4ccc(OC(F)(F)F)cc4)c(F)c3)cc2)cc1.N#Cc1ccc(-c2ccc(OC(=O)CCCCCCCCCC(=O)Oc3ccc(-c4ccc(OC(F)(F)F)c(F)c4)c(F)c3)cc2F)cc1. The number of hydrogen-bond donors (Lipinski definition) is 0. The number of ether oxygens (including phenoxy) is 9. The Morgan fingerprint density at radius 2 is 0.397 bits per heavy atom. The number of benzene rings is 12. The monoisotopic (exact) mass is 1960 g/mol. The van der Waals surface area contributed by atoms with E-state index in [9.17, 15) is 99.0 Å². The number of esters is 6. The Kier molecular flexibility index (Phi) is 40.1. The van der Waals surface area contributed by atoms with E-state index in [1.165, 1.54) is 72.8 Å². The fourth-order valence-electron chi connectivity index (χ4n) is 14.1. The van der Waals surface area contributed by atoms with Crippen molar-refractivity contribution in [1.29, 1.82) is 15.8 Å². The average molecular weight is 1960 g/mol. The highest BCUT2D eigenvalue weighted by Crippen LogP contribution is 2.38. The second-order valence-electron chi connectivity index (χ2n) is 31.6. The topological polar surface area (TPSA) is 257 Å². The molecule has 0 fully saturated rings. The van der Waals surface area contributed by atoms with E-state index in [2.05, 4.69) is 20.3 Å². The number of unbranched alkanes of at least 4 members (excludes halogenated alkanes) is 14. The van der Waals surface area contributed by atoms with Crippen molar-refractivity contribution in [1.82, 2.24) is 0 Å². The van der Waals surface area contributed by atoms with Crippen LogP contribution < -0.4 is 42.6 Å². The molecule has 0 amide bonds. The van der Waals surface area contributed by atoms with Gasteiger partial charge in [-0.3, -0.25) is 28.8 Å². The third-order valence-electron chi connectivity index (χ3n) is 21.1. The minimum Gasteiger partial charge on any atom is -0.427 e. The molecule has 12 aromatic carbocycles. The highest BCUT2D eigenvalue weighted by molar-refractivity contribution is 5.78. The number of alkyl halides is 9. The van der Waals surface area contributed by atoms with Gasteiger partial charge in [0.2, 0.25) is 0 Å². The molecule has 0 aliphatic carbocycles. The molecule has 0 heterocycles. The minimum absolute atomic E-state index is 0.0256. The van der Waals surface area contributed by atoms with Crippen molar-refractivity contribution in [3.05, 3.63) is 306 Å². The van der Waals surface area contributed by atoms with Crippen LogP contribution in [0.2, 0.25) is 0 Å². The molecule has 0 bridgehead atoms. The Labute approximate surface area is 799 Å². The quantitative estimate of drug-likeness (QED) is 0.0149. The van der Waals surface area contributed by atoms with Crippen LogP contribution in [0.15, 0.2) is 249 Å². The van der Waals surface area contributed by atoms with Gasteiger partial charge in [-0.1, -0.05) is 143 Å². The van der Waals surface area contributed by atoms with Crippen LogP contribution in [0.1, 0.15) is 164 Å². The number of halogens is 16. The number of hydrogen-bond acceptors (Lipinski definition) is 18. The Balaban J connectivity index is 0.000000218. The second kappa shape index (κ2) is 52.7. The Bertz CT molecular complexity index is 6420. The van der Waals surface area contributed by atoms with Crippen molar-refractivity contribution in [3.63, 3.8) is 0 Å². The molecule has 0 atom stereocenters. The van der Waals surface area contributed by atoms with E-state index in [0.717, 1.165) is 136 Å². The van der Waals surface area contributed by atoms with Crippen molar-refractivity contribution in [2.75, 3.05) is 0 Å². The van der Waals surface area contributed by atoms with Gasteiger partial charge in [0.1, 0.15) is 69.3 Å². The number of nitriles is 3. The predicted molar refractivity (Wildman–Crippen MR) is 485 cm³/mol. The average Bonchev–Trinajstić information content (AvgIpc) is 0.821. The predicted octanol–water partition coefficient (Wildman–Crippen LogP) is 28.9. The Morgan fingerprint density at radius 1 is 0.206 bits per heavy atom. The zero-order chi connectivity index (χ0) is 102. The summed E-state index contributed by atoms with van der Waals surface area (Å²) < 4.78 is 255. The standard InChI is InChI=1S/C37H31F6NO5.C35H27F6NO5.C35H29F4NO5/c38-31-21-27(15-17-29(31)25-12-10-24(23-44)11-13-25)47-35(45)8-6-4-2-1-3-5-7-9-36(46)48-28-16-18-30(32(39)22-28)26-14-19-34(33(40)20-26)49-37(41,42)43;36-29-19-25(13-15-27(29)23-10-8-22(21-42)9-11-23)45-33(43)6-4-2-1-3-5-7-34(44)46-26-14-16-28(30(37)20-26)24-12-17-32(31(38)18-24)47-35(39,40)41;36-32-22-30(20-21-31(32)27-14-18-29(19-15-27)45-35(37,38)39)44-34(42)7-5-3-1-2-4-6-33(41)43-28-16-12-26(13-17-28)25-10-8-24(23-40)9-11-25/h10-22H,1-9H2;8-20H,1-7H2;8-22H,1-7H2. The van der Waals surface area contributed by atoms with Crippen LogP contribution in [-0.2, 0) is 28.8 Å². The number of carbonyl (C=O) groups excluding carboxylic acids is 6. The van der Waals surface area contributed by atoms with Gasteiger partial charge in [-0.25, -0.2) is 30.7 Å². The van der Waals surface area contributed by atoms with E-state index in [0.29, 0.717) is 114 Å². The highest BCUT2D eigenvalue weighted by atomic mass is 19.4. The molecule has 0 aliphatic rings. The summed E-state index contributed by atoms with van der Waals surface area (Å²) >= 11 is 0. The molecular formula is C107H87F16N3O15. The molecule has 18 nitrogen and oxygen atoms in total. The summed E-state index contributed by atoms with van der Waals surface area (Å²) in [7, 11) is 0. The molecule has 12 rings (SSSR count). The minimum atomic E-state index is -5.08. The normalized spacial score (nSPS) is 11.1. The maximum Gasteiger partial charge on any atom is 0.573 e. The fourth-order valence-corrected chi connectivity index (χ4v) is 14.1. The molecule has 0 aliphatic heterocycles. The molecule has 12 aromatic rings. The zero-order valence-corrected chi connectivity index (χ0v) is 74.9. The molecule has 0 saturated heterocycles. The van der Waals surface area contributed by atoms with Gasteiger partial charge in [-0.05, 0) is 223 Å². The Morgan fingerprint density at radius 3 is 0.624 bits per heavy atom. The van der Waals surface area contributed by atoms with Crippen LogP contribution in [0.3, 0.4) is 0 Å². The van der Waals surface area contributed by atoms with Gasteiger partial charge in [-0.15, -0.1) is 39.5 Å². The van der Waals surface area contributed by atoms with Crippen LogP contribution in [-0.4, -0.2) is 54.9 Å². The van der Waals surface area contributed by atoms with Gasteiger partial charge in [-0.2, -0.15) is 15.8 Å². The van der Waals surface area contributed by atoms with Crippen molar-refractivity contribution in [2.24, 2.45) is 0 Å². The van der Waals surface area contributed by atoms with E-state index in [1.54, 1.807) is 72.8 Å². The molecule has 0 spiro atoms. The lowest BCUT2D eigenvalue weighted by atomic mass is 10.0. The summed E-state index contributed by atoms with van der Waals surface area (Å²) in [4.78, 5) is 73.1. The van der Waals surface area contributed by atoms with Crippen molar-refractivity contribution < 1.29 is 142 Å². The van der Waals surface area contributed by atoms with Gasteiger partial charge in [0.15, 0.2) is 23.1 Å². The lowest BCUT2D eigenvalue weighted by Gasteiger charge is -2.11. The molecule has 34 heteroatoms. The largest absolute Gasteiger partial charge is 0.573 e. The smallest absolute Gasteiger partial charge is 0.427 e. The first-order chi connectivity index (χ1) is 67.4. The van der Waals surface area contributed by atoms with Crippen LogP contribution >= 0.6 is 0 Å². The van der Waals surface area contributed by atoms with Crippen LogP contribution in [0.4, 0.5) is 70.2 Å². The lowest BCUT2D eigenvalue weighted by molar-refractivity contribution is -0.276. The molecule has 141 heavy (non-hydrogen) atoms. The molecule has 732 valence electrons. The van der Waals surface area contributed by atoms with Crippen molar-refractivity contribution in [3.8, 4) is 137 Å². The van der Waals surface area contributed by atoms with Gasteiger partial charge in [0.05, 0.1) is 34.9 Å². The third kappa shape index (κ3) is 36.3. The van der Waals surface area contributed by atoms with Crippen LogP contribution in [0.25, 0.3) is 66.8 Å². The van der Waals surface area contributed by atoms with Crippen LogP contribution in [0.5, 0.6) is 51.7 Å². The summed E-state index contributed by atoms with van der Waals surface area (Å²) in [6.45, 7) is 0. The number of nitrogens with zero attached hydrogens (tertiary/aromatic N) is 3. The zero-order valence-electron chi connectivity index (χ0n) is 74.9. The summed E-state index contributed by atoms with van der Waals surface area (Å²) in [6.07, 6.45) is -2.07. The molecule has 0 unspecified atom stereocenters. The maximum absolute atomic E-state index is 14.6. The summed E-state index contributed by atoms with van der Waals surface area (Å²) in [6, 6.07) is 62.2. The lowest BCUT2D eigenvalue weighted by Crippen LogP contribution is -2.17. The van der Waals surface area contributed by atoms with E-state index in [1.807, 2.05) is 36.4 Å². The second-order valence-corrected chi connectivity index (χ2v) is 31.6. The first-order valence-corrected chi connectivity index (χ1v) is 44.2. The van der Waals surface area contributed by atoms with E-state index >= 15 is 0 Å². The van der Waals surface area contributed by atoms with Gasteiger partial charge in [0.25, 0.3) is 0 Å². The summed E-state index contributed by atoms with van der Waals surface area (Å²) in [5.74, 6) is -11.1. The third-order valence-corrected chi connectivity index (χ3v) is 21.1. The van der Waals surface area contributed by atoms with Crippen molar-refractivity contribution >= 4 is 35.8 Å². The summed E-state index contributed by atoms with van der Waals surface area (Å²) in [5, 5.41) is 26.7. The molecule has 0 aromatic heterocycles. The molecule has 0 N–H and O–H groups in total. The van der Waals surface area contributed by atoms with E-state index < -0.39 is 107 Å². The number of rotatable bonds is 41. The van der Waals surface area contributed by atoms with Crippen molar-refractivity contribution in [2.45, 2.75) is 167 Å². The van der Waals surface area contributed by atoms with Gasteiger partial charge in [0, 0.05) is 96.7 Å². The fraction of sp³-hybridized carbons (Fsp3) is 0.243. The van der Waals surface area contributed by atoms with E-state index in [4.69, 9.17) is 44.2 Å². The molecule has 0 saturated carbocycles.